The lowest BCUT2D eigenvalue weighted by atomic mass is 9.92. The van der Waals surface area contributed by atoms with Crippen LogP contribution in [-0.2, 0) is 19.2 Å². The highest BCUT2D eigenvalue weighted by molar-refractivity contribution is 5.75. The van der Waals surface area contributed by atoms with Crippen LogP contribution in [0.25, 0.3) is 0 Å². The number of carboxylic acid groups (broad SMARTS) is 4. The minimum atomic E-state index is -0.647. The van der Waals surface area contributed by atoms with Crippen molar-refractivity contribution in [1.29, 1.82) is 0 Å². The Balaban J connectivity index is 0.000000166. The molecule has 0 saturated carbocycles. The Morgan fingerprint density at radius 1 is 0.161 bits per heavy atom. The average Bonchev–Trinajstić information content (AvgIpc) is 0.883. The van der Waals surface area contributed by atoms with E-state index < -0.39 is 23.9 Å². The normalized spacial score (nSPS) is 31.5. The molecule has 832 valence electrons. The van der Waals surface area contributed by atoms with E-state index in [4.69, 9.17) is 5.11 Å². The summed E-state index contributed by atoms with van der Waals surface area (Å²) < 4.78 is 0. The van der Waals surface area contributed by atoms with Gasteiger partial charge in [0.25, 0.3) is 0 Å². The van der Waals surface area contributed by atoms with Gasteiger partial charge in [0.15, 0.2) is 0 Å². The van der Waals surface area contributed by atoms with Crippen molar-refractivity contribution < 1.29 is 39.6 Å². The molecule has 0 radical (unpaired) electrons. The summed E-state index contributed by atoms with van der Waals surface area (Å²) in [5, 5.41) is 37.0. The van der Waals surface area contributed by atoms with Crippen LogP contribution in [0.15, 0.2) is 0 Å². The van der Waals surface area contributed by atoms with Gasteiger partial charge in [-0.3, -0.25) is 107 Å². The lowest BCUT2D eigenvalue weighted by molar-refractivity contribution is -0.149. The number of aliphatic carboxylic acids is 4. The summed E-state index contributed by atoms with van der Waals surface area (Å²) in [6.45, 7) is 106. The highest BCUT2D eigenvalue weighted by Crippen LogP contribution is 2.40. The van der Waals surface area contributed by atoms with Gasteiger partial charge in [0.1, 0.15) is 24.2 Å². The molecule has 0 spiro atoms. The van der Waals surface area contributed by atoms with Crippen LogP contribution >= 0.6 is 0 Å². The van der Waals surface area contributed by atoms with E-state index in [1.54, 1.807) is 0 Å². The van der Waals surface area contributed by atoms with Crippen LogP contribution in [0.5, 0.6) is 0 Å². The third-order valence-electron chi connectivity index (χ3n) is 37.6. The quantitative estimate of drug-likeness (QED) is 0.135. The van der Waals surface area contributed by atoms with Gasteiger partial charge in [-0.25, -0.2) is 0 Å². The molecule has 12 atom stereocenters. The Bertz CT molecular complexity index is 3770. The van der Waals surface area contributed by atoms with E-state index in [1.165, 1.54) is 182 Å². The molecule has 12 unspecified atom stereocenters. The third-order valence-corrected chi connectivity index (χ3v) is 37.6. The average molecular weight is 2010 g/mol. The van der Waals surface area contributed by atoms with E-state index in [0.29, 0.717) is 51.9 Å². The monoisotopic (exact) mass is 2010 g/mol. The highest BCUT2D eigenvalue weighted by Gasteiger charge is 2.49. The number of nitrogens with zero attached hydrogens (tertiary/aromatic N) is 18. The molecule has 0 amide bonds. The summed E-state index contributed by atoms with van der Waals surface area (Å²) in [5.74, 6) is -2.55. The first-order chi connectivity index (χ1) is 66.5. The zero-order valence-electron chi connectivity index (χ0n) is 98.5. The molecule has 18 fully saturated rings. The number of carboxylic acids is 4. The van der Waals surface area contributed by atoms with E-state index in [2.05, 4.69) is 310 Å². The van der Waals surface area contributed by atoms with Gasteiger partial charge in [-0.1, -0.05) is 19.3 Å². The fraction of sp³-hybridized carbons (Fsp3) is 0.966. The van der Waals surface area contributed by atoms with Crippen LogP contribution < -0.4 is 0 Å². The minimum absolute atomic E-state index is 0.213. The van der Waals surface area contributed by atoms with Crippen LogP contribution in [0.2, 0.25) is 0 Å². The second kappa shape index (κ2) is 52.4. The lowest BCUT2D eigenvalue weighted by Gasteiger charge is -2.56. The molecule has 18 aliphatic heterocycles. The number of hydrogen-bond donors (Lipinski definition) is 4. The van der Waals surface area contributed by atoms with Crippen molar-refractivity contribution in [1.82, 2.24) is 88.2 Å². The molecule has 4 N–H and O–H groups in total. The summed E-state index contributed by atoms with van der Waals surface area (Å²) in [6, 6.07) is 9.39. The molecule has 0 aromatic carbocycles. The fourth-order valence-corrected chi connectivity index (χ4v) is 26.8. The Kier molecular flexibility index (Phi) is 44.7. The molecule has 18 saturated heterocycles. The van der Waals surface area contributed by atoms with Crippen molar-refractivity contribution in [2.75, 3.05) is 177 Å². The molecule has 0 aliphatic carbocycles. The van der Waals surface area contributed by atoms with Gasteiger partial charge in [-0.05, 0) is 415 Å². The van der Waals surface area contributed by atoms with E-state index >= 15 is 0 Å². The van der Waals surface area contributed by atoms with Crippen molar-refractivity contribution >= 4 is 23.9 Å². The van der Waals surface area contributed by atoms with E-state index in [1.807, 2.05) is 0 Å². The molecule has 18 aliphatic rings. The predicted molar refractivity (Wildman–Crippen MR) is 594 cm³/mol. The molecule has 26 nitrogen and oxygen atoms in total. The van der Waals surface area contributed by atoms with Gasteiger partial charge in [-0.2, -0.15) is 0 Å². The van der Waals surface area contributed by atoms with E-state index in [-0.39, 0.29) is 46.3 Å². The Morgan fingerprint density at radius 3 is 0.545 bits per heavy atom. The Hall–Kier alpha value is -2.84. The first-order valence-corrected chi connectivity index (χ1v) is 59.0. The fourth-order valence-electron chi connectivity index (χ4n) is 26.8. The summed E-state index contributed by atoms with van der Waals surface area (Å²) in [4.78, 5) is 90.4. The number of likely N-dealkylation sites (tertiary alicyclic amines) is 18. The molecule has 143 heavy (non-hydrogen) atoms. The molecule has 0 aromatic heterocycles. The number of hydrogen-bond acceptors (Lipinski definition) is 22. The molecule has 0 aromatic rings. The maximum Gasteiger partial charge on any atom is 0.320 e. The van der Waals surface area contributed by atoms with Crippen molar-refractivity contribution in [2.24, 2.45) is 0 Å². The molecule has 18 rings (SSSR count). The number of rotatable bonds is 13. The third kappa shape index (κ3) is 34.8. The maximum atomic E-state index is 11.4. The molecule has 0 bridgehead atoms. The van der Waals surface area contributed by atoms with Gasteiger partial charge < -0.3 is 20.4 Å². The standard InChI is InChI=1S/C15H28N2O2.C14H26N2O2.C14H28N2.C13H24N2O2.2C13H26N2.C12H22N2O2.C12H24N2.C11H22N2/c1-15(2,3)16-10-7-12(8-11-16)17-9-5-4-6-13(17)14(18)19;1-14(2,3)15-9-6-11(7-10-15)16-8-4-5-12(16)13(17)18;1-12-7-5-6-9-16(12)13-8-10-15(11-13)14(2,3)4;1-13(2,3)14-8-10(9-14)15-7-5-4-6-11(15)12(16)17;1-11-5-10-15(11)12-6-8-14(9-7-12)13(2,3)4;1-11-6-5-8-15(11)12-7-9-14(10-12)13(2,3)4;1-12(2,3)13-7-9(8-13)14-6-4-5-10(14)11(15)16;1-10-5-8-14(10)11-6-7-13(9-11)12(2,3)4;1-9-5-6-13(9)10-7-12(8-10)11(2,3)4/h12-13H,4-11H2,1-3H3,(H,18,19);11-12H,4-10H2,1-3H3,(H,17,18);12-13H,5-11H2,1-4H3;10-11H,4-9H2,1-3H3,(H,16,17);2*11-12H,5-10H2,1-4H3;9-10H,4-8H2,1-3H3,(H,15,16);10-11H,5-9H2,1-4H3;9-10H,5-8H2,1-4H3. The van der Waals surface area contributed by atoms with Crippen molar-refractivity contribution in [3.05, 3.63) is 0 Å². The zero-order valence-corrected chi connectivity index (χ0v) is 98.5. The lowest BCUT2D eigenvalue weighted by Crippen LogP contribution is -2.68. The highest BCUT2D eigenvalue weighted by atomic mass is 16.4. The molecule has 18 heterocycles. The first kappa shape index (κ1) is 122. The van der Waals surface area contributed by atoms with Gasteiger partial charge in [0, 0.05) is 272 Å². The summed E-state index contributed by atoms with van der Waals surface area (Å²) >= 11 is 0. The van der Waals surface area contributed by atoms with Gasteiger partial charge >= 0.3 is 23.9 Å². The van der Waals surface area contributed by atoms with E-state index in [0.717, 1.165) is 229 Å². The molecular formula is C117H226N18O8. The van der Waals surface area contributed by atoms with Crippen molar-refractivity contribution in [2.45, 2.75) is 554 Å². The van der Waals surface area contributed by atoms with Crippen LogP contribution in [-0.4, -0.2) is 468 Å². The number of piperidine rings is 6. The summed E-state index contributed by atoms with van der Waals surface area (Å²) in [5.41, 5.74) is 2.73. The SMILES string of the molecule is CC(C)(C)N1CC(N2CCCC2C(=O)O)C1.CC(C)(C)N1CC(N2CCCCC2C(=O)O)C1.CC(C)(C)N1CCC(N2CCCC2C(=O)O)CC1.CC(C)(C)N1CCC(N2CCCCC2C(=O)O)CC1.CC1CCCCN1C1CCN(C(C)(C)C)C1.CC1CCCN1C1CCN(C(C)(C)C)C1.CC1CCN1C1CCN(C(C)(C)C)C1.CC1CCN1C1CCN(C(C)(C)C)CC1.CC1CCN1C1CN(C(C)(C)C)C1. The van der Waals surface area contributed by atoms with Crippen LogP contribution in [0, 0.1) is 0 Å². The van der Waals surface area contributed by atoms with Crippen molar-refractivity contribution in [3.8, 4) is 0 Å². The molecular weight excluding hydrogens is 1790 g/mol. The number of carbonyl (C=O) groups is 4. The topological polar surface area (TPSA) is 208 Å². The summed E-state index contributed by atoms with van der Waals surface area (Å²) in [7, 11) is 0. The van der Waals surface area contributed by atoms with Gasteiger partial charge in [0.2, 0.25) is 0 Å². The Morgan fingerprint density at radius 2 is 0.322 bits per heavy atom. The van der Waals surface area contributed by atoms with Crippen LogP contribution in [0.4, 0.5) is 0 Å². The largest absolute Gasteiger partial charge is 0.480 e. The predicted octanol–water partition coefficient (Wildman–Crippen LogP) is 17.4. The second-order valence-corrected chi connectivity index (χ2v) is 56.6. The van der Waals surface area contributed by atoms with Crippen molar-refractivity contribution in [3.63, 3.8) is 0 Å². The first-order valence-electron chi connectivity index (χ1n) is 59.0. The van der Waals surface area contributed by atoms with E-state index in [9.17, 15) is 34.5 Å². The second-order valence-electron chi connectivity index (χ2n) is 56.6. The van der Waals surface area contributed by atoms with Gasteiger partial charge in [-0.15, -0.1) is 0 Å². The molecule has 26 heteroatoms. The van der Waals surface area contributed by atoms with Gasteiger partial charge in [0.05, 0.1) is 0 Å². The summed E-state index contributed by atoms with van der Waals surface area (Å²) in [6.07, 6.45) is 32.4. The smallest absolute Gasteiger partial charge is 0.320 e. The minimum Gasteiger partial charge on any atom is -0.480 e. The maximum absolute atomic E-state index is 11.4. The van der Waals surface area contributed by atoms with Crippen LogP contribution in [0.1, 0.15) is 395 Å². The Labute approximate surface area is 877 Å². The zero-order chi connectivity index (χ0) is 106. The van der Waals surface area contributed by atoms with Crippen LogP contribution in [0.3, 0.4) is 0 Å².